The van der Waals surface area contributed by atoms with E-state index in [4.69, 9.17) is 0 Å². The first-order valence-electron chi connectivity index (χ1n) is 4.36. The minimum Gasteiger partial charge on any atom is -0.314 e. The fraction of sp³-hybridized carbons (Fsp3) is 1.00. The van der Waals surface area contributed by atoms with Gasteiger partial charge in [-0.1, -0.05) is 13.3 Å². The summed E-state index contributed by atoms with van der Waals surface area (Å²) >= 11 is 0. The lowest BCUT2D eigenvalue weighted by molar-refractivity contribution is 0.238. The molecule has 2 nitrogen and oxygen atoms in total. The average molecular weight is 215 g/mol. The second kappa shape index (κ2) is 9.59. The normalized spacial score (nSPS) is 17.8. The van der Waals surface area contributed by atoms with Gasteiger partial charge in [0, 0.05) is 26.2 Å². The molecule has 1 fully saturated rings. The van der Waals surface area contributed by atoms with Crippen LogP contribution >= 0.6 is 24.8 Å². The zero-order valence-corrected chi connectivity index (χ0v) is 9.35. The molecule has 0 atom stereocenters. The van der Waals surface area contributed by atoms with Crippen molar-refractivity contribution in [3.63, 3.8) is 0 Å². The number of nitrogens with one attached hydrogen (secondary N) is 1. The van der Waals surface area contributed by atoms with E-state index < -0.39 is 0 Å². The molecule has 1 aliphatic rings. The maximum absolute atomic E-state index is 3.35. The van der Waals surface area contributed by atoms with Gasteiger partial charge in [-0.05, 0) is 13.0 Å². The third-order valence-corrected chi connectivity index (χ3v) is 2.04. The van der Waals surface area contributed by atoms with Gasteiger partial charge in [0.25, 0.3) is 0 Å². The molecule has 0 radical (unpaired) electrons. The Morgan fingerprint density at radius 3 is 2.25 bits per heavy atom. The Kier molecular flexibility index (Phi) is 12.0. The summed E-state index contributed by atoms with van der Waals surface area (Å²) in [6, 6.07) is 0. The summed E-state index contributed by atoms with van der Waals surface area (Å²) in [6.07, 6.45) is 2.68. The van der Waals surface area contributed by atoms with Crippen molar-refractivity contribution in [1.82, 2.24) is 10.2 Å². The highest BCUT2D eigenvalue weighted by Crippen LogP contribution is 1.95. The third kappa shape index (κ3) is 6.06. The van der Waals surface area contributed by atoms with Crippen molar-refractivity contribution in [2.75, 3.05) is 32.7 Å². The Bertz CT molecular complexity index is 85.1. The molecule has 0 unspecified atom stereocenters. The molecule has 0 aromatic carbocycles. The van der Waals surface area contributed by atoms with Crippen molar-refractivity contribution in [3.8, 4) is 0 Å². The summed E-state index contributed by atoms with van der Waals surface area (Å²) in [6.45, 7) is 8.42. The minimum absolute atomic E-state index is 0. The standard InChI is InChI=1S/C8H18N2.2ClH/c1-2-3-6-10-7-4-9-5-8-10;;/h9H,2-8H2,1H3;2*1H. The van der Waals surface area contributed by atoms with Gasteiger partial charge in [-0.3, -0.25) is 0 Å². The van der Waals surface area contributed by atoms with Crippen molar-refractivity contribution >= 4 is 24.8 Å². The van der Waals surface area contributed by atoms with Crippen molar-refractivity contribution in [1.29, 1.82) is 0 Å². The van der Waals surface area contributed by atoms with E-state index in [0.29, 0.717) is 0 Å². The maximum Gasteiger partial charge on any atom is 0.0107 e. The number of halogens is 2. The quantitative estimate of drug-likeness (QED) is 0.768. The molecule has 4 heteroatoms. The highest BCUT2D eigenvalue weighted by atomic mass is 35.5. The van der Waals surface area contributed by atoms with E-state index in [2.05, 4.69) is 17.1 Å². The van der Waals surface area contributed by atoms with Gasteiger partial charge in [0.05, 0.1) is 0 Å². The Labute approximate surface area is 87.9 Å². The van der Waals surface area contributed by atoms with E-state index in [1.54, 1.807) is 0 Å². The molecular weight excluding hydrogens is 195 g/mol. The smallest absolute Gasteiger partial charge is 0.0107 e. The summed E-state index contributed by atoms with van der Waals surface area (Å²) < 4.78 is 0. The van der Waals surface area contributed by atoms with Crippen LogP contribution in [0.1, 0.15) is 19.8 Å². The van der Waals surface area contributed by atoms with Gasteiger partial charge in [-0.15, -0.1) is 24.8 Å². The van der Waals surface area contributed by atoms with Gasteiger partial charge in [0.2, 0.25) is 0 Å². The molecule has 1 aliphatic heterocycles. The predicted octanol–water partition coefficient (Wildman–Crippen LogP) is 1.54. The van der Waals surface area contributed by atoms with E-state index in [-0.39, 0.29) is 24.8 Å². The van der Waals surface area contributed by atoms with Crippen LogP contribution in [-0.2, 0) is 0 Å². The zero-order chi connectivity index (χ0) is 7.23. The topological polar surface area (TPSA) is 15.3 Å². The van der Waals surface area contributed by atoms with Crippen LogP contribution in [0.5, 0.6) is 0 Å². The number of hydrogen-bond donors (Lipinski definition) is 1. The Morgan fingerprint density at radius 1 is 1.17 bits per heavy atom. The summed E-state index contributed by atoms with van der Waals surface area (Å²) in [4.78, 5) is 2.54. The Hall–Kier alpha value is 0.500. The number of piperazine rings is 1. The summed E-state index contributed by atoms with van der Waals surface area (Å²) in [5.41, 5.74) is 0. The number of rotatable bonds is 3. The van der Waals surface area contributed by atoms with Gasteiger partial charge in [0.15, 0.2) is 0 Å². The van der Waals surface area contributed by atoms with Crippen molar-refractivity contribution in [2.24, 2.45) is 0 Å². The lowest BCUT2D eigenvalue weighted by Crippen LogP contribution is -2.43. The van der Waals surface area contributed by atoms with E-state index >= 15 is 0 Å². The monoisotopic (exact) mass is 214 g/mol. The van der Waals surface area contributed by atoms with Gasteiger partial charge >= 0.3 is 0 Å². The molecule has 12 heavy (non-hydrogen) atoms. The van der Waals surface area contributed by atoms with Gasteiger partial charge in [0.1, 0.15) is 0 Å². The summed E-state index contributed by atoms with van der Waals surface area (Å²) in [7, 11) is 0. The van der Waals surface area contributed by atoms with Crippen molar-refractivity contribution in [2.45, 2.75) is 19.8 Å². The molecular formula is C8H20Cl2N2. The van der Waals surface area contributed by atoms with Gasteiger partial charge in [-0.2, -0.15) is 0 Å². The SMILES string of the molecule is CCCCN1CCNCC1.Cl.Cl. The molecule has 1 rings (SSSR count). The van der Waals surface area contributed by atoms with E-state index in [1.807, 2.05) is 0 Å². The van der Waals surface area contributed by atoms with Crippen LogP contribution in [0.4, 0.5) is 0 Å². The number of unbranched alkanes of at least 4 members (excludes halogenated alkanes) is 1. The van der Waals surface area contributed by atoms with Crippen LogP contribution in [0, 0.1) is 0 Å². The van der Waals surface area contributed by atoms with Gasteiger partial charge in [-0.25, -0.2) is 0 Å². The molecule has 1 saturated heterocycles. The molecule has 1 heterocycles. The first-order valence-corrected chi connectivity index (χ1v) is 4.36. The number of hydrogen-bond acceptors (Lipinski definition) is 2. The first-order chi connectivity index (χ1) is 4.93. The highest BCUT2D eigenvalue weighted by molar-refractivity contribution is 5.85. The Balaban J connectivity index is 0. The molecule has 0 amide bonds. The van der Waals surface area contributed by atoms with Crippen LogP contribution < -0.4 is 5.32 Å². The maximum atomic E-state index is 3.35. The van der Waals surface area contributed by atoms with E-state index in [0.717, 1.165) is 0 Å². The average Bonchev–Trinajstić information content (AvgIpc) is 2.03. The zero-order valence-electron chi connectivity index (χ0n) is 7.71. The summed E-state index contributed by atoms with van der Waals surface area (Å²) in [5, 5.41) is 3.35. The third-order valence-electron chi connectivity index (χ3n) is 2.04. The summed E-state index contributed by atoms with van der Waals surface area (Å²) in [5.74, 6) is 0. The van der Waals surface area contributed by atoms with Crippen LogP contribution in [0.25, 0.3) is 0 Å². The number of nitrogens with zero attached hydrogens (tertiary/aromatic N) is 1. The largest absolute Gasteiger partial charge is 0.314 e. The predicted molar refractivity (Wildman–Crippen MR) is 58.7 cm³/mol. The molecule has 76 valence electrons. The highest BCUT2D eigenvalue weighted by Gasteiger charge is 2.06. The Morgan fingerprint density at radius 2 is 1.75 bits per heavy atom. The lowest BCUT2D eigenvalue weighted by Gasteiger charge is -2.26. The molecule has 0 saturated carbocycles. The van der Waals surface area contributed by atoms with Crippen LogP contribution in [-0.4, -0.2) is 37.6 Å². The molecule has 0 aromatic rings. The molecule has 0 aromatic heterocycles. The molecule has 1 N–H and O–H groups in total. The van der Waals surface area contributed by atoms with Crippen LogP contribution in [0.15, 0.2) is 0 Å². The second-order valence-corrected chi connectivity index (χ2v) is 2.95. The van der Waals surface area contributed by atoms with Crippen molar-refractivity contribution in [3.05, 3.63) is 0 Å². The van der Waals surface area contributed by atoms with E-state index in [9.17, 15) is 0 Å². The lowest BCUT2D eigenvalue weighted by atomic mass is 10.3. The van der Waals surface area contributed by atoms with E-state index in [1.165, 1.54) is 45.6 Å². The van der Waals surface area contributed by atoms with Crippen LogP contribution in [0.2, 0.25) is 0 Å². The molecule has 0 spiro atoms. The second-order valence-electron chi connectivity index (χ2n) is 2.95. The molecule has 0 aliphatic carbocycles. The van der Waals surface area contributed by atoms with Crippen molar-refractivity contribution < 1.29 is 0 Å². The minimum atomic E-state index is 0. The fourth-order valence-electron chi connectivity index (χ4n) is 1.32. The molecule has 0 bridgehead atoms. The van der Waals surface area contributed by atoms with Gasteiger partial charge < -0.3 is 10.2 Å². The van der Waals surface area contributed by atoms with Crippen LogP contribution in [0.3, 0.4) is 0 Å². The first kappa shape index (κ1) is 15.0. The fourth-order valence-corrected chi connectivity index (χ4v) is 1.32.